The number of nitrogens with one attached hydrogen (secondary N) is 1. The molecule has 3 aromatic rings. The van der Waals surface area contributed by atoms with Crippen molar-refractivity contribution in [3.8, 4) is 17.1 Å². The molecule has 0 unspecified atom stereocenters. The van der Waals surface area contributed by atoms with E-state index in [0.29, 0.717) is 22.8 Å². The zero-order valence-corrected chi connectivity index (χ0v) is 13.5. The monoisotopic (exact) mass is 319 g/mol. The van der Waals surface area contributed by atoms with Crippen LogP contribution in [0.2, 0.25) is 0 Å². The molecule has 24 heavy (non-hydrogen) atoms. The molecule has 2 aromatic carbocycles. The number of amides is 1. The minimum atomic E-state index is -0.239. The number of anilines is 1. The second-order valence-electron chi connectivity index (χ2n) is 5.24. The molecule has 0 saturated heterocycles. The number of rotatable bonds is 4. The number of hydrogen-bond acceptors (Lipinski definition) is 4. The molecule has 0 radical (unpaired) electrons. The number of carbonyl (C=O) groups excluding carboxylic acids is 1. The summed E-state index contributed by atoms with van der Waals surface area (Å²) in [6.07, 6.45) is 1.56. The molecule has 0 aliphatic heterocycles. The van der Waals surface area contributed by atoms with Crippen molar-refractivity contribution in [3.05, 3.63) is 72.1 Å². The van der Waals surface area contributed by atoms with Crippen LogP contribution >= 0.6 is 0 Å². The molecule has 1 amide bonds. The number of hydrogen-bond donors (Lipinski definition) is 1. The maximum absolute atomic E-state index is 12.4. The fraction of sp³-hybridized carbons (Fsp3) is 0.105. The van der Waals surface area contributed by atoms with Gasteiger partial charge in [-0.1, -0.05) is 30.3 Å². The van der Waals surface area contributed by atoms with Gasteiger partial charge in [-0.2, -0.15) is 0 Å². The maximum atomic E-state index is 12.4. The number of nitrogens with zero attached hydrogens (tertiary/aromatic N) is 2. The normalized spacial score (nSPS) is 10.2. The summed E-state index contributed by atoms with van der Waals surface area (Å²) in [5.41, 5.74) is 2.69. The van der Waals surface area contributed by atoms with Crippen LogP contribution in [0.1, 0.15) is 16.1 Å². The second kappa shape index (κ2) is 6.91. The van der Waals surface area contributed by atoms with Crippen LogP contribution in [0.3, 0.4) is 0 Å². The Bertz CT molecular complexity index is 846. The third kappa shape index (κ3) is 3.41. The zero-order valence-electron chi connectivity index (χ0n) is 13.5. The molecule has 0 atom stereocenters. The Kier molecular flexibility index (Phi) is 4.52. The Morgan fingerprint density at radius 2 is 1.75 bits per heavy atom. The van der Waals surface area contributed by atoms with Gasteiger partial charge in [-0.25, -0.2) is 9.97 Å². The van der Waals surface area contributed by atoms with Gasteiger partial charge in [-0.05, 0) is 31.2 Å². The van der Waals surface area contributed by atoms with Crippen molar-refractivity contribution in [2.75, 3.05) is 12.4 Å². The molecule has 0 fully saturated rings. The van der Waals surface area contributed by atoms with Crippen molar-refractivity contribution in [3.63, 3.8) is 0 Å². The highest BCUT2D eigenvalue weighted by atomic mass is 16.5. The molecule has 3 rings (SSSR count). The van der Waals surface area contributed by atoms with E-state index in [0.717, 1.165) is 11.3 Å². The summed E-state index contributed by atoms with van der Waals surface area (Å²) >= 11 is 0. The third-order valence-corrected chi connectivity index (χ3v) is 3.60. The molecule has 1 N–H and O–H groups in total. The van der Waals surface area contributed by atoms with Gasteiger partial charge in [0.15, 0.2) is 5.82 Å². The highest BCUT2D eigenvalue weighted by molar-refractivity contribution is 6.04. The van der Waals surface area contributed by atoms with Crippen LogP contribution in [0.5, 0.6) is 5.75 Å². The van der Waals surface area contributed by atoms with Crippen molar-refractivity contribution in [2.24, 2.45) is 0 Å². The van der Waals surface area contributed by atoms with Gasteiger partial charge in [0.2, 0.25) is 0 Å². The maximum Gasteiger partial charge on any atom is 0.259 e. The van der Waals surface area contributed by atoms with Gasteiger partial charge in [-0.3, -0.25) is 4.79 Å². The molecule has 1 aromatic heterocycles. The molecule has 0 bridgehead atoms. The molecule has 0 saturated carbocycles. The lowest BCUT2D eigenvalue weighted by atomic mass is 10.2. The van der Waals surface area contributed by atoms with E-state index in [1.807, 2.05) is 30.3 Å². The summed E-state index contributed by atoms with van der Waals surface area (Å²) in [6.45, 7) is 1.80. The zero-order chi connectivity index (χ0) is 16.9. The van der Waals surface area contributed by atoms with Crippen molar-refractivity contribution in [1.29, 1.82) is 0 Å². The number of methoxy groups -OCH3 is 1. The first-order valence-corrected chi connectivity index (χ1v) is 7.52. The Morgan fingerprint density at radius 3 is 2.38 bits per heavy atom. The number of ether oxygens (including phenoxy) is 1. The summed E-state index contributed by atoms with van der Waals surface area (Å²) in [4.78, 5) is 21.2. The summed E-state index contributed by atoms with van der Waals surface area (Å²) < 4.78 is 5.10. The van der Waals surface area contributed by atoms with Crippen molar-refractivity contribution in [2.45, 2.75) is 6.92 Å². The molecule has 5 heteroatoms. The van der Waals surface area contributed by atoms with Gasteiger partial charge in [0, 0.05) is 17.4 Å². The predicted octanol–water partition coefficient (Wildman–Crippen LogP) is 3.71. The molecular formula is C19H17N3O2. The lowest BCUT2D eigenvalue weighted by molar-refractivity contribution is 0.102. The van der Waals surface area contributed by atoms with Gasteiger partial charge in [0.1, 0.15) is 5.75 Å². The SMILES string of the molecule is COc1ccc(NC(=O)c2cnc(-c3ccccc3)nc2C)cc1. The molecule has 120 valence electrons. The molecule has 5 nitrogen and oxygen atoms in total. The Balaban J connectivity index is 1.80. The smallest absolute Gasteiger partial charge is 0.259 e. The average molecular weight is 319 g/mol. The standard InChI is InChI=1S/C19H17N3O2/c1-13-17(12-20-18(21-13)14-6-4-3-5-7-14)19(23)22-15-8-10-16(24-2)11-9-15/h3-12H,1-2H3,(H,22,23). The van der Waals surface area contributed by atoms with Gasteiger partial charge >= 0.3 is 0 Å². The van der Waals surface area contributed by atoms with Gasteiger partial charge in [0.25, 0.3) is 5.91 Å². The van der Waals surface area contributed by atoms with Crippen LogP contribution in [0.15, 0.2) is 60.8 Å². The van der Waals surface area contributed by atoms with Crippen molar-refractivity contribution >= 4 is 11.6 Å². The van der Waals surface area contributed by atoms with E-state index in [1.54, 1.807) is 44.5 Å². The van der Waals surface area contributed by atoms with Crippen LogP contribution in [-0.2, 0) is 0 Å². The van der Waals surface area contributed by atoms with Gasteiger partial charge in [0.05, 0.1) is 18.4 Å². The van der Waals surface area contributed by atoms with E-state index in [4.69, 9.17) is 4.74 Å². The van der Waals surface area contributed by atoms with Crippen molar-refractivity contribution < 1.29 is 9.53 Å². The quantitative estimate of drug-likeness (QED) is 0.796. The Labute approximate surface area is 140 Å². The van der Waals surface area contributed by atoms with Crippen LogP contribution in [0.4, 0.5) is 5.69 Å². The second-order valence-corrected chi connectivity index (χ2v) is 5.24. The molecular weight excluding hydrogens is 302 g/mol. The predicted molar refractivity (Wildman–Crippen MR) is 93.2 cm³/mol. The first-order chi connectivity index (χ1) is 11.7. The van der Waals surface area contributed by atoms with E-state index in [9.17, 15) is 4.79 Å². The topological polar surface area (TPSA) is 64.1 Å². The van der Waals surface area contributed by atoms with E-state index >= 15 is 0 Å². The number of aromatic nitrogens is 2. The minimum Gasteiger partial charge on any atom is -0.497 e. The number of carbonyl (C=O) groups is 1. The van der Waals surface area contributed by atoms with Crippen molar-refractivity contribution in [1.82, 2.24) is 9.97 Å². The lowest BCUT2D eigenvalue weighted by Gasteiger charge is -2.09. The fourth-order valence-corrected chi connectivity index (χ4v) is 2.29. The molecule has 1 heterocycles. The average Bonchev–Trinajstić information content (AvgIpc) is 2.63. The first kappa shape index (κ1) is 15.7. The summed E-state index contributed by atoms with van der Waals surface area (Å²) in [6, 6.07) is 16.8. The molecule has 0 aliphatic carbocycles. The van der Waals surface area contributed by atoms with Crippen LogP contribution in [0.25, 0.3) is 11.4 Å². The van der Waals surface area contributed by atoms with Crippen LogP contribution in [-0.4, -0.2) is 23.0 Å². The lowest BCUT2D eigenvalue weighted by Crippen LogP contribution is -2.15. The van der Waals surface area contributed by atoms with Gasteiger partial charge in [-0.15, -0.1) is 0 Å². The summed E-state index contributed by atoms with van der Waals surface area (Å²) in [5, 5.41) is 2.84. The summed E-state index contributed by atoms with van der Waals surface area (Å²) in [7, 11) is 1.60. The molecule has 0 spiro atoms. The van der Waals surface area contributed by atoms with Crippen LogP contribution < -0.4 is 10.1 Å². The Hall–Kier alpha value is -3.21. The van der Waals surface area contributed by atoms with E-state index in [2.05, 4.69) is 15.3 Å². The fourth-order valence-electron chi connectivity index (χ4n) is 2.29. The van der Waals surface area contributed by atoms with E-state index in [-0.39, 0.29) is 5.91 Å². The number of benzene rings is 2. The minimum absolute atomic E-state index is 0.239. The van der Waals surface area contributed by atoms with Gasteiger partial charge < -0.3 is 10.1 Å². The van der Waals surface area contributed by atoms with Crippen LogP contribution in [0, 0.1) is 6.92 Å². The molecule has 0 aliphatic rings. The Morgan fingerprint density at radius 1 is 1.04 bits per heavy atom. The first-order valence-electron chi connectivity index (χ1n) is 7.52. The third-order valence-electron chi connectivity index (χ3n) is 3.60. The van der Waals surface area contributed by atoms with E-state index < -0.39 is 0 Å². The van der Waals surface area contributed by atoms with E-state index in [1.165, 1.54) is 0 Å². The highest BCUT2D eigenvalue weighted by Gasteiger charge is 2.13. The number of aryl methyl sites for hydroxylation is 1. The largest absolute Gasteiger partial charge is 0.497 e. The highest BCUT2D eigenvalue weighted by Crippen LogP contribution is 2.18. The summed E-state index contributed by atoms with van der Waals surface area (Å²) in [5.74, 6) is 1.10.